The molecule has 0 bridgehead atoms. The Morgan fingerprint density at radius 2 is 2.12 bits per heavy atom. The molecule has 0 spiro atoms. The predicted molar refractivity (Wildman–Crippen MR) is 88.7 cm³/mol. The monoisotopic (exact) mass is 357 g/mol. The van der Waals surface area contributed by atoms with Crippen LogP contribution in [0.25, 0.3) is 5.78 Å². The minimum Gasteiger partial charge on any atom is -0.450 e. The molecule has 134 valence electrons. The van der Waals surface area contributed by atoms with Crippen molar-refractivity contribution in [3.8, 4) is 0 Å². The Balaban J connectivity index is 1.59. The van der Waals surface area contributed by atoms with Crippen LogP contribution in [0.5, 0.6) is 0 Å². The number of esters is 1. The number of ether oxygens (including phenoxy) is 1. The number of amides is 1. The summed E-state index contributed by atoms with van der Waals surface area (Å²) in [6.07, 6.45) is 1.55. The number of carbonyl (C=O) groups excluding carboxylic acids is 2. The molecule has 3 rings (SSSR count). The van der Waals surface area contributed by atoms with Gasteiger partial charge in [0.25, 0.3) is 17.5 Å². The lowest BCUT2D eigenvalue weighted by Gasteiger charge is -2.17. The van der Waals surface area contributed by atoms with Crippen LogP contribution in [0.15, 0.2) is 36.5 Å². The van der Waals surface area contributed by atoms with Gasteiger partial charge in [0.05, 0.1) is 0 Å². The second-order valence-corrected chi connectivity index (χ2v) is 5.69. The summed E-state index contributed by atoms with van der Waals surface area (Å²) in [5.41, 5.74) is 1.39. The Hall–Kier alpha value is -3.36. The van der Waals surface area contributed by atoms with Gasteiger partial charge in [-0.25, -0.2) is 18.7 Å². The molecule has 2 aromatic heterocycles. The van der Waals surface area contributed by atoms with Crippen molar-refractivity contribution in [2.24, 2.45) is 0 Å². The van der Waals surface area contributed by atoms with E-state index in [-0.39, 0.29) is 24.0 Å². The van der Waals surface area contributed by atoms with Gasteiger partial charge in [0.1, 0.15) is 5.82 Å². The zero-order valence-corrected chi connectivity index (χ0v) is 14.2. The number of carbonyl (C=O) groups is 2. The predicted octanol–water partition coefficient (Wildman–Crippen LogP) is 1.39. The molecule has 0 atom stereocenters. The topological polar surface area (TPSA) is 89.7 Å². The highest BCUT2D eigenvalue weighted by Gasteiger charge is 2.18. The molecular weight excluding hydrogens is 341 g/mol. The Kier molecular flexibility index (Phi) is 4.87. The van der Waals surface area contributed by atoms with Crippen LogP contribution in [0.2, 0.25) is 0 Å². The Morgan fingerprint density at radius 1 is 1.31 bits per heavy atom. The Morgan fingerprint density at radius 3 is 2.85 bits per heavy atom. The van der Waals surface area contributed by atoms with E-state index in [1.54, 1.807) is 31.3 Å². The molecule has 26 heavy (non-hydrogen) atoms. The van der Waals surface area contributed by atoms with Gasteiger partial charge in [0.2, 0.25) is 0 Å². The van der Waals surface area contributed by atoms with Crippen molar-refractivity contribution in [1.29, 1.82) is 0 Å². The van der Waals surface area contributed by atoms with Crippen molar-refractivity contribution in [2.75, 3.05) is 13.7 Å². The van der Waals surface area contributed by atoms with E-state index in [1.807, 2.05) is 0 Å². The standard InChI is InChI=1S/C17H16FN5O3/c1-11-6-7-19-17-20-15(21-23(11)17)16(25)26-10-14(24)22(2)9-12-4-3-5-13(18)8-12/h3-8H,9-10H2,1-2H3. The van der Waals surface area contributed by atoms with Crippen molar-refractivity contribution in [2.45, 2.75) is 13.5 Å². The summed E-state index contributed by atoms with van der Waals surface area (Å²) >= 11 is 0. The molecule has 0 aliphatic rings. The first kappa shape index (κ1) is 17.5. The van der Waals surface area contributed by atoms with E-state index in [9.17, 15) is 14.0 Å². The van der Waals surface area contributed by atoms with E-state index in [4.69, 9.17) is 4.74 Å². The summed E-state index contributed by atoms with van der Waals surface area (Å²) in [7, 11) is 1.54. The molecule has 0 fully saturated rings. The molecule has 0 saturated heterocycles. The highest BCUT2D eigenvalue weighted by molar-refractivity contribution is 5.88. The lowest BCUT2D eigenvalue weighted by atomic mass is 10.2. The smallest absolute Gasteiger partial charge is 0.378 e. The largest absolute Gasteiger partial charge is 0.450 e. The lowest BCUT2D eigenvalue weighted by Crippen LogP contribution is -2.31. The molecule has 1 aromatic carbocycles. The number of hydrogen-bond acceptors (Lipinski definition) is 6. The SMILES string of the molecule is Cc1ccnc2nc(C(=O)OCC(=O)N(C)Cc3cccc(F)c3)nn12. The third kappa shape index (κ3) is 3.82. The van der Waals surface area contributed by atoms with Gasteiger partial charge in [-0.3, -0.25) is 4.79 Å². The second-order valence-electron chi connectivity index (χ2n) is 5.69. The van der Waals surface area contributed by atoms with Gasteiger partial charge in [0.15, 0.2) is 6.61 Å². The van der Waals surface area contributed by atoms with Crippen LogP contribution in [0.1, 0.15) is 21.9 Å². The van der Waals surface area contributed by atoms with Gasteiger partial charge in [-0.1, -0.05) is 12.1 Å². The quantitative estimate of drug-likeness (QED) is 0.641. The maximum Gasteiger partial charge on any atom is 0.378 e. The van der Waals surface area contributed by atoms with E-state index < -0.39 is 18.5 Å². The summed E-state index contributed by atoms with van der Waals surface area (Å²) in [6.45, 7) is 1.53. The maximum atomic E-state index is 13.2. The fraction of sp³-hybridized carbons (Fsp3) is 0.235. The van der Waals surface area contributed by atoms with Crippen molar-refractivity contribution < 1.29 is 18.7 Å². The zero-order chi connectivity index (χ0) is 18.7. The number of rotatable bonds is 5. The normalized spacial score (nSPS) is 10.7. The molecular formula is C17H16FN5O3. The molecule has 0 N–H and O–H groups in total. The highest BCUT2D eigenvalue weighted by atomic mass is 19.1. The zero-order valence-electron chi connectivity index (χ0n) is 14.2. The molecule has 0 aliphatic carbocycles. The fourth-order valence-electron chi connectivity index (χ4n) is 2.29. The summed E-state index contributed by atoms with van der Waals surface area (Å²) in [5.74, 6) is -1.53. The van der Waals surface area contributed by atoms with Crippen molar-refractivity contribution in [3.05, 3.63) is 59.4 Å². The third-order valence-electron chi connectivity index (χ3n) is 3.67. The van der Waals surface area contributed by atoms with Gasteiger partial charge in [-0.2, -0.15) is 4.98 Å². The van der Waals surface area contributed by atoms with Gasteiger partial charge < -0.3 is 9.64 Å². The van der Waals surface area contributed by atoms with E-state index in [2.05, 4.69) is 15.1 Å². The third-order valence-corrected chi connectivity index (χ3v) is 3.67. The first-order valence-electron chi connectivity index (χ1n) is 7.78. The minimum absolute atomic E-state index is 0.174. The number of benzene rings is 1. The van der Waals surface area contributed by atoms with Gasteiger partial charge in [0, 0.05) is 25.5 Å². The van der Waals surface area contributed by atoms with Crippen LogP contribution in [-0.4, -0.2) is 50.0 Å². The van der Waals surface area contributed by atoms with Crippen LogP contribution >= 0.6 is 0 Å². The van der Waals surface area contributed by atoms with Crippen LogP contribution in [-0.2, 0) is 16.1 Å². The number of fused-ring (bicyclic) bond motifs is 1. The second kappa shape index (κ2) is 7.26. The van der Waals surface area contributed by atoms with Crippen LogP contribution in [0.4, 0.5) is 4.39 Å². The fourth-order valence-corrected chi connectivity index (χ4v) is 2.29. The number of likely N-dealkylation sites (N-methyl/N-ethyl adjacent to an activating group) is 1. The molecule has 8 nitrogen and oxygen atoms in total. The number of nitrogens with zero attached hydrogens (tertiary/aromatic N) is 5. The molecule has 0 radical (unpaired) electrons. The van der Waals surface area contributed by atoms with Crippen molar-refractivity contribution in [3.63, 3.8) is 0 Å². The van der Waals surface area contributed by atoms with Crippen LogP contribution in [0, 0.1) is 12.7 Å². The number of hydrogen-bond donors (Lipinski definition) is 0. The Bertz CT molecular complexity index is 972. The van der Waals surface area contributed by atoms with Crippen LogP contribution in [0.3, 0.4) is 0 Å². The minimum atomic E-state index is -0.817. The molecule has 2 heterocycles. The molecule has 0 unspecified atom stereocenters. The average molecular weight is 357 g/mol. The molecule has 1 amide bonds. The number of halogens is 1. The van der Waals surface area contributed by atoms with Crippen molar-refractivity contribution in [1.82, 2.24) is 24.5 Å². The number of aromatic nitrogens is 4. The summed E-state index contributed by atoms with van der Waals surface area (Å²) < 4.78 is 19.6. The molecule has 9 heteroatoms. The van der Waals surface area contributed by atoms with Gasteiger partial charge in [-0.05, 0) is 30.7 Å². The first-order valence-corrected chi connectivity index (χ1v) is 7.78. The van der Waals surface area contributed by atoms with E-state index in [0.29, 0.717) is 5.56 Å². The van der Waals surface area contributed by atoms with Gasteiger partial charge >= 0.3 is 5.97 Å². The average Bonchev–Trinajstić information content (AvgIpc) is 3.05. The van der Waals surface area contributed by atoms with Gasteiger partial charge in [-0.15, -0.1) is 5.10 Å². The summed E-state index contributed by atoms with van der Waals surface area (Å²) in [5, 5.41) is 4.01. The molecule has 3 aromatic rings. The maximum absolute atomic E-state index is 13.2. The highest BCUT2D eigenvalue weighted by Crippen LogP contribution is 2.07. The van der Waals surface area contributed by atoms with E-state index >= 15 is 0 Å². The van der Waals surface area contributed by atoms with E-state index in [0.717, 1.165) is 5.69 Å². The lowest BCUT2D eigenvalue weighted by molar-refractivity contribution is -0.133. The Labute approximate surface area is 148 Å². The molecule has 0 aliphatic heterocycles. The summed E-state index contributed by atoms with van der Waals surface area (Å²) in [4.78, 5) is 33.4. The number of aryl methyl sites for hydroxylation is 1. The summed E-state index contributed by atoms with van der Waals surface area (Å²) in [6, 6.07) is 7.65. The van der Waals surface area contributed by atoms with Crippen LogP contribution < -0.4 is 0 Å². The van der Waals surface area contributed by atoms with Crippen molar-refractivity contribution >= 4 is 17.7 Å². The van der Waals surface area contributed by atoms with E-state index in [1.165, 1.54) is 28.6 Å². The first-order chi connectivity index (χ1) is 12.4. The molecule has 0 saturated carbocycles.